The third-order valence-corrected chi connectivity index (χ3v) is 4.56. The van der Waals surface area contributed by atoms with E-state index in [4.69, 9.17) is 0 Å². The molecule has 3 nitrogen and oxygen atoms in total. The molecule has 1 aliphatic rings. The summed E-state index contributed by atoms with van der Waals surface area (Å²) in [4.78, 5) is 2.49. The van der Waals surface area contributed by atoms with Gasteiger partial charge in [-0.25, -0.2) is 0 Å². The largest absolute Gasteiger partial charge is 0.303 e. The summed E-state index contributed by atoms with van der Waals surface area (Å²) < 4.78 is 0. The Hall–Kier alpha value is -1.37. The lowest BCUT2D eigenvalue weighted by Crippen LogP contribution is -2.43. The molecule has 0 aromatic heterocycles. The predicted octanol–water partition coefficient (Wildman–Crippen LogP) is 2.75. The molecule has 0 aliphatic carbocycles. The number of rotatable bonds is 5. The highest BCUT2D eigenvalue weighted by molar-refractivity contribution is 5.31. The Kier molecular flexibility index (Phi) is 5.17. The van der Waals surface area contributed by atoms with Crippen LogP contribution in [0.4, 0.5) is 0 Å². The van der Waals surface area contributed by atoms with Gasteiger partial charge in [-0.1, -0.05) is 37.3 Å². The first-order valence-corrected chi connectivity index (χ1v) is 7.58. The van der Waals surface area contributed by atoms with Crippen LogP contribution in [0.2, 0.25) is 0 Å². The summed E-state index contributed by atoms with van der Waals surface area (Å²) in [5.41, 5.74) is 0.500. The van der Waals surface area contributed by atoms with Gasteiger partial charge in [0.2, 0.25) is 0 Å². The lowest BCUT2D eigenvalue weighted by Gasteiger charge is -2.34. The fraction of sp³-hybridized carbons (Fsp3) is 0.588. The lowest BCUT2D eigenvalue weighted by atomic mass is 9.87. The van der Waals surface area contributed by atoms with Crippen LogP contribution in [0.5, 0.6) is 0 Å². The summed E-state index contributed by atoms with van der Waals surface area (Å²) >= 11 is 0. The lowest BCUT2D eigenvalue weighted by molar-refractivity contribution is 0.178. The van der Waals surface area contributed by atoms with Gasteiger partial charge >= 0.3 is 0 Å². The number of likely N-dealkylation sites (tertiary alicyclic amines) is 1. The molecule has 0 spiro atoms. The molecule has 1 saturated heterocycles. The van der Waals surface area contributed by atoms with E-state index in [1.807, 2.05) is 37.4 Å². The minimum absolute atomic E-state index is 0.565. The van der Waals surface area contributed by atoms with Gasteiger partial charge in [0.25, 0.3) is 0 Å². The van der Waals surface area contributed by atoms with Crippen molar-refractivity contribution in [2.45, 2.75) is 31.7 Å². The number of nitrogens with zero attached hydrogens (tertiary/aromatic N) is 2. The number of hydrogen-bond acceptors (Lipinski definition) is 3. The molecule has 1 atom stereocenters. The van der Waals surface area contributed by atoms with Crippen LogP contribution in [0, 0.1) is 17.2 Å². The van der Waals surface area contributed by atoms with Crippen LogP contribution >= 0.6 is 0 Å². The minimum Gasteiger partial charge on any atom is -0.303 e. The normalized spacial score (nSPS) is 20.2. The second-order valence-corrected chi connectivity index (χ2v) is 5.91. The van der Waals surface area contributed by atoms with Crippen LogP contribution in [-0.4, -0.2) is 31.6 Å². The molecular formula is C17H25N3. The Bertz CT molecular complexity index is 443. The fourth-order valence-corrected chi connectivity index (χ4v) is 2.92. The smallest absolute Gasteiger partial charge is 0.133 e. The van der Waals surface area contributed by atoms with Crippen molar-refractivity contribution in [3.8, 4) is 6.07 Å². The average Bonchev–Trinajstić information content (AvgIpc) is 2.51. The number of nitriles is 1. The van der Waals surface area contributed by atoms with E-state index in [0.29, 0.717) is 0 Å². The monoisotopic (exact) mass is 271 g/mol. The molecule has 1 unspecified atom stereocenters. The maximum atomic E-state index is 9.67. The van der Waals surface area contributed by atoms with Crippen molar-refractivity contribution in [3.63, 3.8) is 0 Å². The summed E-state index contributed by atoms with van der Waals surface area (Å²) in [6, 6.07) is 12.6. The van der Waals surface area contributed by atoms with E-state index >= 15 is 0 Å². The Balaban J connectivity index is 2.01. The highest BCUT2D eigenvalue weighted by atomic mass is 15.1. The molecule has 108 valence electrons. The zero-order valence-corrected chi connectivity index (χ0v) is 12.6. The highest BCUT2D eigenvalue weighted by Crippen LogP contribution is 2.25. The van der Waals surface area contributed by atoms with Gasteiger partial charge < -0.3 is 4.90 Å². The molecule has 1 N–H and O–H groups in total. The maximum absolute atomic E-state index is 9.67. The molecule has 1 fully saturated rings. The third kappa shape index (κ3) is 3.39. The van der Waals surface area contributed by atoms with Gasteiger partial charge in [-0.3, -0.25) is 5.32 Å². The summed E-state index contributed by atoms with van der Waals surface area (Å²) in [6.07, 6.45) is 3.40. The van der Waals surface area contributed by atoms with Crippen LogP contribution in [0.1, 0.15) is 31.7 Å². The van der Waals surface area contributed by atoms with Crippen molar-refractivity contribution in [1.82, 2.24) is 10.2 Å². The fourth-order valence-electron chi connectivity index (χ4n) is 2.92. The van der Waals surface area contributed by atoms with Gasteiger partial charge in [-0.05, 0) is 50.9 Å². The van der Waals surface area contributed by atoms with Gasteiger partial charge in [0.05, 0.1) is 6.07 Å². The second-order valence-electron chi connectivity index (χ2n) is 5.91. The molecule has 3 heteroatoms. The van der Waals surface area contributed by atoms with Crippen molar-refractivity contribution in [3.05, 3.63) is 35.9 Å². The van der Waals surface area contributed by atoms with E-state index in [1.54, 1.807) is 0 Å². The van der Waals surface area contributed by atoms with E-state index in [2.05, 4.69) is 23.2 Å². The molecule has 0 amide bonds. The molecule has 1 aliphatic heterocycles. The number of benzene rings is 1. The van der Waals surface area contributed by atoms with Crippen molar-refractivity contribution in [2.75, 3.05) is 26.7 Å². The van der Waals surface area contributed by atoms with Crippen molar-refractivity contribution in [1.29, 1.82) is 5.26 Å². The van der Waals surface area contributed by atoms with Gasteiger partial charge in [-0.2, -0.15) is 5.26 Å². The number of nitrogens with one attached hydrogen (secondary N) is 1. The van der Waals surface area contributed by atoms with Crippen LogP contribution in [0.15, 0.2) is 30.3 Å². The van der Waals surface area contributed by atoms with Gasteiger partial charge in [0, 0.05) is 6.54 Å². The Morgan fingerprint density at radius 2 is 1.95 bits per heavy atom. The first kappa shape index (κ1) is 15.0. The summed E-state index contributed by atoms with van der Waals surface area (Å²) in [7, 11) is 1.88. The van der Waals surface area contributed by atoms with Crippen molar-refractivity contribution < 1.29 is 0 Å². The minimum atomic E-state index is -0.565. The van der Waals surface area contributed by atoms with Crippen LogP contribution < -0.4 is 5.32 Å². The SMILES string of the molecule is CNC(C#N)(CCN1CCC(C)CC1)c1ccccc1. The van der Waals surface area contributed by atoms with E-state index in [1.165, 1.54) is 25.9 Å². The Labute approximate surface area is 122 Å². The summed E-state index contributed by atoms with van der Waals surface area (Å²) in [6.45, 7) is 5.65. The zero-order valence-electron chi connectivity index (χ0n) is 12.6. The standard InChI is InChI=1S/C17H25N3/c1-15-8-11-20(12-9-15)13-10-17(14-18,19-2)16-6-4-3-5-7-16/h3-7,15,19H,8-13H2,1-2H3. The van der Waals surface area contributed by atoms with Gasteiger partial charge in [-0.15, -0.1) is 0 Å². The van der Waals surface area contributed by atoms with Crippen LogP contribution in [-0.2, 0) is 5.54 Å². The third-order valence-electron chi connectivity index (χ3n) is 4.56. The molecular weight excluding hydrogens is 246 g/mol. The van der Waals surface area contributed by atoms with Gasteiger partial charge in [0.1, 0.15) is 5.54 Å². The van der Waals surface area contributed by atoms with E-state index in [0.717, 1.165) is 24.4 Å². The molecule has 1 aromatic rings. The molecule has 2 rings (SSSR count). The molecule has 20 heavy (non-hydrogen) atoms. The quantitative estimate of drug-likeness (QED) is 0.895. The summed E-state index contributed by atoms with van der Waals surface area (Å²) in [5, 5.41) is 12.9. The first-order valence-electron chi connectivity index (χ1n) is 7.58. The van der Waals surface area contributed by atoms with Crippen LogP contribution in [0.25, 0.3) is 0 Å². The average molecular weight is 271 g/mol. The van der Waals surface area contributed by atoms with E-state index in [9.17, 15) is 5.26 Å². The number of piperidine rings is 1. The maximum Gasteiger partial charge on any atom is 0.133 e. The Morgan fingerprint density at radius 1 is 1.30 bits per heavy atom. The molecule has 1 aromatic carbocycles. The highest BCUT2D eigenvalue weighted by Gasteiger charge is 2.31. The molecule has 0 bridgehead atoms. The summed E-state index contributed by atoms with van der Waals surface area (Å²) in [5.74, 6) is 0.852. The van der Waals surface area contributed by atoms with Gasteiger partial charge in [0.15, 0.2) is 0 Å². The number of hydrogen-bond donors (Lipinski definition) is 1. The van der Waals surface area contributed by atoms with Crippen molar-refractivity contribution in [2.24, 2.45) is 5.92 Å². The van der Waals surface area contributed by atoms with Crippen molar-refractivity contribution >= 4 is 0 Å². The zero-order chi connectivity index (χ0) is 14.4. The molecule has 0 radical (unpaired) electrons. The molecule has 1 heterocycles. The first-order chi connectivity index (χ1) is 9.70. The molecule has 0 saturated carbocycles. The Morgan fingerprint density at radius 3 is 2.50 bits per heavy atom. The van der Waals surface area contributed by atoms with E-state index < -0.39 is 5.54 Å². The van der Waals surface area contributed by atoms with Crippen LogP contribution in [0.3, 0.4) is 0 Å². The second kappa shape index (κ2) is 6.88. The predicted molar refractivity (Wildman–Crippen MR) is 82.2 cm³/mol. The topological polar surface area (TPSA) is 39.1 Å². The van der Waals surface area contributed by atoms with E-state index in [-0.39, 0.29) is 0 Å².